The molecule has 0 radical (unpaired) electrons. The van der Waals surface area contributed by atoms with E-state index in [1.807, 2.05) is 55.5 Å². The number of nitrogens with one attached hydrogen (secondary N) is 1. The molecule has 0 atom stereocenters. The third kappa shape index (κ3) is 4.06. The van der Waals surface area contributed by atoms with Crippen molar-refractivity contribution < 1.29 is 4.79 Å². The number of hydrogen-bond acceptors (Lipinski definition) is 4. The molecule has 0 aliphatic carbocycles. The van der Waals surface area contributed by atoms with Gasteiger partial charge >= 0.3 is 0 Å². The van der Waals surface area contributed by atoms with E-state index in [0.717, 1.165) is 16.7 Å². The van der Waals surface area contributed by atoms with Gasteiger partial charge in [-0.3, -0.25) is 4.79 Å². The molecular formula is C19H19ClN4O. The summed E-state index contributed by atoms with van der Waals surface area (Å²) in [5.41, 5.74) is 3.08. The molecule has 0 aliphatic rings. The van der Waals surface area contributed by atoms with Gasteiger partial charge in [0.2, 0.25) is 11.9 Å². The Morgan fingerprint density at radius 1 is 1.12 bits per heavy atom. The molecule has 5 nitrogen and oxygen atoms in total. The minimum Gasteiger partial charge on any atom is -0.350 e. The van der Waals surface area contributed by atoms with Crippen molar-refractivity contribution in [2.45, 2.75) is 26.8 Å². The van der Waals surface area contributed by atoms with Crippen molar-refractivity contribution in [3.63, 3.8) is 0 Å². The van der Waals surface area contributed by atoms with Crippen molar-refractivity contribution in [1.29, 1.82) is 0 Å². The molecule has 1 heterocycles. The Hall–Kier alpha value is -2.66. The van der Waals surface area contributed by atoms with Crippen LogP contribution in [0.5, 0.6) is 0 Å². The first kappa shape index (κ1) is 17.2. The number of carbonyl (C=O) groups is 1. The summed E-state index contributed by atoms with van der Waals surface area (Å²) < 4.78 is 1.34. The molecule has 0 spiro atoms. The summed E-state index contributed by atoms with van der Waals surface area (Å²) in [5.74, 6) is 0.863. The summed E-state index contributed by atoms with van der Waals surface area (Å²) in [7, 11) is 0. The Kier molecular flexibility index (Phi) is 5.14. The normalized spacial score (nSPS) is 10.7. The maximum Gasteiger partial charge on any atom is 0.249 e. The molecule has 0 bridgehead atoms. The molecular weight excluding hydrogens is 336 g/mol. The summed E-state index contributed by atoms with van der Waals surface area (Å²) >= 11 is 5.91. The van der Waals surface area contributed by atoms with Gasteiger partial charge in [0.15, 0.2) is 5.82 Å². The number of aryl methyl sites for hydroxylation is 1. The third-order valence-corrected chi connectivity index (χ3v) is 4.07. The molecule has 3 rings (SSSR count). The SMILES string of the molecule is CCC(=O)n1nc(-c2ccc(C)cc2)nc1NCc1ccc(Cl)cc1. The second-order valence-electron chi connectivity index (χ2n) is 5.76. The number of anilines is 1. The van der Waals surface area contributed by atoms with E-state index in [1.54, 1.807) is 6.92 Å². The van der Waals surface area contributed by atoms with Gasteiger partial charge in [0, 0.05) is 23.6 Å². The first-order valence-electron chi connectivity index (χ1n) is 8.12. The molecule has 128 valence electrons. The fraction of sp³-hybridized carbons (Fsp3) is 0.211. The van der Waals surface area contributed by atoms with Crippen LogP contribution >= 0.6 is 11.6 Å². The zero-order valence-corrected chi connectivity index (χ0v) is 14.9. The second-order valence-corrected chi connectivity index (χ2v) is 6.20. The lowest BCUT2D eigenvalue weighted by atomic mass is 10.1. The number of rotatable bonds is 5. The van der Waals surface area contributed by atoms with Crippen LogP contribution in [0.25, 0.3) is 11.4 Å². The fourth-order valence-corrected chi connectivity index (χ4v) is 2.48. The average Bonchev–Trinajstić information content (AvgIpc) is 3.05. The van der Waals surface area contributed by atoms with Gasteiger partial charge in [-0.1, -0.05) is 60.5 Å². The maximum absolute atomic E-state index is 12.2. The lowest BCUT2D eigenvalue weighted by Crippen LogP contribution is -2.15. The molecule has 25 heavy (non-hydrogen) atoms. The quantitative estimate of drug-likeness (QED) is 0.729. The van der Waals surface area contributed by atoms with Gasteiger partial charge < -0.3 is 5.32 Å². The monoisotopic (exact) mass is 354 g/mol. The first-order valence-corrected chi connectivity index (χ1v) is 8.50. The molecule has 0 saturated carbocycles. The molecule has 0 unspecified atom stereocenters. The van der Waals surface area contributed by atoms with Crippen molar-refractivity contribution in [3.8, 4) is 11.4 Å². The van der Waals surface area contributed by atoms with Crippen molar-refractivity contribution in [1.82, 2.24) is 14.8 Å². The van der Waals surface area contributed by atoms with Crippen LogP contribution in [0.3, 0.4) is 0 Å². The number of halogens is 1. The van der Waals surface area contributed by atoms with Gasteiger partial charge in [0.05, 0.1) is 0 Å². The fourth-order valence-electron chi connectivity index (χ4n) is 2.36. The third-order valence-electron chi connectivity index (χ3n) is 3.82. The Labute approximate surface area is 151 Å². The van der Waals surface area contributed by atoms with Gasteiger partial charge in [0.25, 0.3) is 0 Å². The Bertz CT molecular complexity index is 869. The van der Waals surface area contributed by atoms with E-state index in [4.69, 9.17) is 11.6 Å². The minimum atomic E-state index is -0.107. The van der Waals surface area contributed by atoms with E-state index in [0.29, 0.717) is 29.8 Å². The van der Waals surface area contributed by atoms with Gasteiger partial charge in [-0.05, 0) is 24.6 Å². The van der Waals surface area contributed by atoms with Crippen LogP contribution in [-0.4, -0.2) is 20.7 Å². The predicted octanol–water partition coefficient (Wildman–Crippen LogP) is 4.57. The van der Waals surface area contributed by atoms with E-state index in [2.05, 4.69) is 15.4 Å². The Balaban J connectivity index is 1.87. The van der Waals surface area contributed by atoms with Gasteiger partial charge in [0.1, 0.15) is 0 Å². The highest BCUT2D eigenvalue weighted by atomic mass is 35.5. The number of hydrogen-bond donors (Lipinski definition) is 1. The predicted molar refractivity (Wildman–Crippen MR) is 99.9 cm³/mol. The Morgan fingerprint density at radius 3 is 2.44 bits per heavy atom. The molecule has 3 aromatic rings. The summed E-state index contributed by atoms with van der Waals surface area (Å²) in [6.07, 6.45) is 0.353. The molecule has 0 amide bonds. The lowest BCUT2D eigenvalue weighted by Gasteiger charge is -2.06. The Morgan fingerprint density at radius 2 is 1.80 bits per heavy atom. The van der Waals surface area contributed by atoms with Crippen LogP contribution in [-0.2, 0) is 6.54 Å². The molecule has 0 fully saturated rings. The van der Waals surface area contributed by atoms with Crippen LogP contribution < -0.4 is 5.32 Å². The van der Waals surface area contributed by atoms with Crippen LogP contribution in [0.1, 0.15) is 29.3 Å². The molecule has 6 heteroatoms. The van der Waals surface area contributed by atoms with Gasteiger partial charge in [-0.2, -0.15) is 9.67 Å². The average molecular weight is 355 g/mol. The van der Waals surface area contributed by atoms with Crippen molar-refractivity contribution >= 4 is 23.5 Å². The lowest BCUT2D eigenvalue weighted by molar-refractivity contribution is 0.0895. The number of benzene rings is 2. The molecule has 2 aromatic carbocycles. The van der Waals surface area contributed by atoms with Gasteiger partial charge in [-0.15, -0.1) is 5.10 Å². The smallest absolute Gasteiger partial charge is 0.249 e. The summed E-state index contributed by atoms with van der Waals surface area (Å²) in [5, 5.41) is 8.26. The summed E-state index contributed by atoms with van der Waals surface area (Å²) in [4.78, 5) is 16.7. The van der Waals surface area contributed by atoms with Gasteiger partial charge in [-0.25, -0.2) is 0 Å². The van der Waals surface area contributed by atoms with E-state index >= 15 is 0 Å². The van der Waals surface area contributed by atoms with Crippen molar-refractivity contribution in [2.24, 2.45) is 0 Å². The topological polar surface area (TPSA) is 59.8 Å². The van der Waals surface area contributed by atoms with Crippen LogP contribution in [0.15, 0.2) is 48.5 Å². The highest BCUT2D eigenvalue weighted by molar-refractivity contribution is 6.30. The summed E-state index contributed by atoms with van der Waals surface area (Å²) in [6, 6.07) is 15.4. The highest BCUT2D eigenvalue weighted by Gasteiger charge is 2.15. The number of nitrogens with zero attached hydrogens (tertiary/aromatic N) is 3. The van der Waals surface area contributed by atoms with Crippen molar-refractivity contribution in [2.75, 3.05) is 5.32 Å². The van der Waals surface area contributed by atoms with Crippen LogP contribution in [0, 0.1) is 6.92 Å². The van der Waals surface area contributed by atoms with E-state index in [-0.39, 0.29) is 5.91 Å². The largest absolute Gasteiger partial charge is 0.350 e. The molecule has 0 saturated heterocycles. The van der Waals surface area contributed by atoms with E-state index < -0.39 is 0 Å². The molecule has 0 aliphatic heterocycles. The summed E-state index contributed by atoms with van der Waals surface area (Å²) in [6.45, 7) is 4.36. The standard InChI is InChI=1S/C19H19ClN4O/c1-3-17(25)24-19(21-12-14-6-10-16(20)11-7-14)22-18(23-24)15-8-4-13(2)5-9-15/h4-11H,3,12H2,1-2H3,(H,21,22,23). The van der Waals surface area contributed by atoms with Crippen LogP contribution in [0.2, 0.25) is 5.02 Å². The molecule has 1 N–H and O–H groups in total. The first-order chi connectivity index (χ1) is 12.1. The zero-order chi connectivity index (χ0) is 17.8. The minimum absolute atomic E-state index is 0.107. The number of carbonyl (C=O) groups excluding carboxylic acids is 1. The second kappa shape index (κ2) is 7.49. The van der Waals surface area contributed by atoms with Crippen molar-refractivity contribution in [3.05, 3.63) is 64.7 Å². The van der Waals surface area contributed by atoms with E-state index in [9.17, 15) is 4.79 Å². The van der Waals surface area contributed by atoms with Crippen LogP contribution in [0.4, 0.5) is 5.95 Å². The maximum atomic E-state index is 12.2. The van der Waals surface area contributed by atoms with E-state index in [1.165, 1.54) is 4.68 Å². The highest BCUT2D eigenvalue weighted by Crippen LogP contribution is 2.19. The molecule has 1 aromatic heterocycles. The zero-order valence-electron chi connectivity index (χ0n) is 14.2. The number of aromatic nitrogens is 3.